The Labute approximate surface area is 94.2 Å². The Kier molecular flexibility index (Phi) is 3.00. The van der Waals surface area contributed by atoms with Gasteiger partial charge in [0.1, 0.15) is 0 Å². The fourth-order valence-electron chi connectivity index (χ4n) is 1.89. The Balaban J connectivity index is 2.20. The van der Waals surface area contributed by atoms with Crippen LogP contribution in [0.25, 0.3) is 0 Å². The van der Waals surface area contributed by atoms with Crippen molar-refractivity contribution in [2.45, 2.75) is 20.3 Å². The molecule has 1 aromatic rings. The maximum Gasteiger partial charge on any atom is 0.197 e. The van der Waals surface area contributed by atoms with Gasteiger partial charge in [-0.1, -0.05) is 6.92 Å². The van der Waals surface area contributed by atoms with Crippen LogP contribution >= 0.6 is 11.5 Å². The van der Waals surface area contributed by atoms with Crippen molar-refractivity contribution in [2.24, 2.45) is 5.92 Å². The molecule has 2 N–H and O–H groups in total. The zero-order valence-corrected chi connectivity index (χ0v) is 10.0. The van der Waals surface area contributed by atoms with Gasteiger partial charge in [0, 0.05) is 13.1 Å². The molecule has 0 bridgehead atoms. The van der Waals surface area contributed by atoms with Crippen molar-refractivity contribution in [3.05, 3.63) is 0 Å². The highest BCUT2D eigenvalue weighted by molar-refractivity contribution is 7.11. The molecule has 84 valence electrons. The lowest BCUT2D eigenvalue weighted by Crippen LogP contribution is -2.18. The van der Waals surface area contributed by atoms with E-state index in [9.17, 15) is 0 Å². The van der Waals surface area contributed by atoms with Gasteiger partial charge in [-0.15, -0.1) is 0 Å². The van der Waals surface area contributed by atoms with Crippen molar-refractivity contribution in [1.82, 2.24) is 4.37 Å². The number of aromatic nitrogens is 1. The summed E-state index contributed by atoms with van der Waals surface area (Å²) < 4.78 is 9.69. The van der Waals surface area contributed by atoms with Gasteiger partial charge in [-0.25, -0.2) is 0 Å². The lowest BCUT2D eigenvalue weighted by molar-refractivity contribution is 0.343. The fraction of sp³-hybridized carbons (Fsp3) is 0.700. The summed E-state index contributed by atoms with van der Waals surface area (Å²) in [5, 5.41) is 1.10. The largest absolute Gasteiger partial charge is 0.487 e. The highest BCUT2D eigenvalue weighted by Gasteiger charge is 2.25. The zero-order chi connectivity index (χ0) is 10.8. The Morgan fingerprint density at radius 1 is 1.67 bits per heavy atom. The Bertz CT molecular complexity index is 339. The normalized spacial score (nSPS) is 20.9. The van der Waals surface area contributed by atoms with E-state index in [2.05, 4.69) is 16.2 Å². The predicted molar refractivity (Wildman–Crippen MR) is 63.7 cm³/mol. The van der Waals surface area contributed by atoms with Crippen molar-refractivity contribution in [1.29, 1.82) is 0 Å². The molecule has 2 heterocycles. The minimum absolute atomic E-state index is 0.524. The molecule has 1 unspecified atom stereocenters. The van der Waals surface area contributed by atoms with Crippen LogP contribution < -0.4 is 15.4 Å². The molecule has 0 spiro atoms. The van der Waals surface area contributed by atoms with Gasteiger partial charge in [0.05, 0.1) is 6.61 Å². The maximum absolute atomic E-state index is 5.78. The van der Waals surface area contributed by atoms with Crippen molar-refractivity contribution in [3.63, 3.8) is 0 Å². The van der Waals surface area contributed by atoms with Gasteiger partial charge in [-0.05, 0) is 30.8 Å². The second-order valence-electron chi connectivity index (χ2n) is 3.97. The van der Waals surface area contributed by atoms with Crippen LogP contribution in [0.3, 0.4) is 0 Å². The highest BCUT2D eigenvalue weighted by atomic mass is 32.1. The van der Waals surface area contributed by atoms with Gasteiger partial charge in [-0.2, -0.15) is 4.37 Å². The summed E-state index contributed by atoms with van der Waals surface area (Å²) >= 11 is 1.44. The molecule has 0 amide bonds. The van der Waals surface area contributed by atoms with Crippen molar-refractivity contribution in [3.8, 4) is 5.75 Å². The molecule has 0 radical (unpaired) electrons. The highest BCUT2D eigenvalue weighted by Crippen LogP contribution is 2.40. The summed E-state index contributed by atoms with van der Waals surface area (Å²) in [7, 11) is 0. The van der Waals surface area contributed by atoms with Crippen LogP contribution in [-0.4, -0.2) is 24.1 Å². The number of ether oxygens (including phenoxy) is 1. The molecule has 1 aliphatic rings. The second-order valence-corrected chi connectivity index (χ2v) is 4.73. The third kappa shape index (κ3) is 2.02. The van der Waals surface area contributed by atoms with E-state index in [0.29, 0.717) is 12.4 Å². The molecule has 2 rings (SSSR count). The number of anilines is 2. The molecule has 15 heavy (non-hydrogen) atoms. The van der Waals surface area contributed by atoms with Gasteiger partial charge in [0.25, 0.3) is 0 Å². The topological polar surface area (TPSA) is 51.4 Å². The molecule has 1 atom stereocenters. The van der Waals surface area contributed by atoms with E-state index in [1.165, 1.54) is 18.0 Å². The smallest absolute Gasteiger partial charge is 0.197 e. The van der Waals surface area contributed by atoms with Crippen LogP contribution in [0.4, 0.5) is 10.8 Å². The molecule has 1 aliphatic heterocycles. The molecule has 1 saturated heterocycles. The van der Waals surface area contributed by atoms with Crippen LogP contribution in [0.2, 0.25) is 0 Å². The van der Waals surface area contributed by atoms with E-state index in [4.69, 9.17) is 10.5 Å². The average Bonchev–Trinajstić information content (AvgIpc) is 2.76. The summed E-state index contributed by atoms with van der Waals surface area (Å²) in [6, 6.07) is 0. The number of nitrogens with zero attached hydrogens (tertiary/aromatic N) is 2. The van der Waals surface area contributed by atoms with E-state index in [-0.39, 0.29) is 0 Å². The average molecular weight is 227 g/mol. The van der Waals surface area contributed by atoms with Gasteiger partial charge in [0.2, 0.25) is 0 Å². The number of hydrogen-bond donors (Lipinski definition) is 1. The summed E-state index contributed by atoms with van der Waals surface area (Å²) in [6.45, 7) is 7.04. The molecule has 1 aromatic heterocycles. The third-order valence-corrected chi connectivity index (χ3v) is 3.56. The van der Waals surface area contributed by atoms with Gasteiger partial charge >= 0.3 is 0 Å². The quantitative estimate of drug-likeness (QED) is 0.857. The number of nitrogens with two attached hydrogens (primary N) is 1. The summed E-state index contributed by atoms with van der Waals surface area (Å²) in [6.07, 6.45) is 1.24. The first-order valence-electron chi connectivity index (χ1n) is 5.35. The van der Waals surface area contributed by atoms with E-state index >= 15 is 0 Å². The third-order valence-electron chi connectivity index (χ3n) is 2.66. The van der Waals surface area contributed by atoms with Crippen LogP contribution in [-0.2, 0) is 0 Å². The molecule has 5 heteroatoms. The Morgan fingerprint density at radius 2 is 2.47 bits per heavy atom. The van der Waals surface area contributed by atoms with Crippen LogP contribution in [0.15, 0.2) is 0 Å². The lowest BCUT2D eigenvalue weighted by atomic mass is 10.2. The summed E-state index contributed by atoms with van der Waals surface area (Å²) in [5.74, 6) is 2.05. The second kappa shape index (κ2) is 4.26. The molecule has 1 fully saturated rings. The molecular formula is C10H17N3OS. The van der Waals surface area contributed by atoms with Gasteiger partial charge in [0.15, 0.2) is 16.6 Å². The van der Waals surface area contributed by atoms with Gasteiger partial charge < -0.3 is 15.4 Å². The summed E-state index contributed by atoms with van der Waals surface area (Å²) in [5.41, 5.74) is 5.78. The molecular weight excluding hydrogens is 210 g/mol. The van der Waals surface area contributed by atoms with Gasteiger partial charge in [-0.3, -0.25) is 0 Å². The van der Waals surface area contributed by atoms with Crippen LogP contribution in [0.5, 0.6) is 5.75 Å². The minimum Gasteiger partial charge on any atom is -0.487 e. The van der Waals surface area contributed by atoms with Crippen molar-refractivity contribution >= 4 is 22.4 Å². The maximum atomic E-state index is 5.78. The lowest BCUT2D eigenvalue weighted by Gasteiger charge is -2.16. The Morgan fingerprint density at radius 3 is 3.07 bits per heavy atom. The molecule has 4 nitrogen and oxygen atoms in total. The first-order valence-corrected chi connectivity index (χ1v) is 6.12. The van der Waals surface area contributed by atoms with E-state index < -0.39 is 0 Å². The molecule has 0 aromatic carbocycles. The number of hydrogen-bond acceptors (Lipinski definition) is 5. The fourth-order valence-corrected chi connectivity index (χ4v) is 2.68. The summed E-state index contributed by atoms with van der Waals surface area (Å²) in [4.78, 5) is 2.32. The monoisotopic (exact) mass is 227 g/mol. The van der Waals surface area contributed by atoms with E-state index in [1.54, 1.807) is 0 Å². The SMILES string of the molecule is CCOc1c(N)nsc1N1CCC(C)C1. The standard InChI is InChI=1S/C10H17N3OS/c1-3-14-8-9(11)12-15-10(8)13-5-4-7(2)6-13/h7H,3-6H2,1-2H3,(H2,11,12). The number of rotatable bonds is 3. The zero-order valence-electron chi connectivity index (χ0n) is 9.19. The van der Waals surface area contributed by atoms with E-state index in [0.717, 1.165) is 29.8 Å². The predicted octanol–water partition coefficient (Wildman–Crippen LogP) is 1.97. The first-order chi connectivity index (χ1) is 7.22. The Hall–Kier alpha value is -0.970. The molecule has 0 aliphatic carbocycles. The minimum atomic E-state index is 0.524. The number of nitrogen functional groups attached to an aromatic ring is 1. The van der Waals surface area contributed by atoms with Crippen LogP contribution in [0, 0.1) is 5.92 Å². The van der Waals surface area contributed by atoms with Crippen molar-refractivity contribution < 1.29 is 4.74 Å². The molecule has 0 saturated carbocycles. The van der Waals surface area contributed by atoms with Crippen molar-refractivity contribution in [2.75, 3.05) is 30.3 Å². The van der Waals surface area contributed by atoms with Crippen LogP contribution in [0.1, 0.15) is 20.3 Å². The first kappa shape index (κ1) is 10.5. The van der Waals surface area contributed by atoms with E-state index in [1.807, 2.05) is 6.92 Å².